The summed E-state index contributed by atoms with van der Waals surface area (Å²) in [6, 6.07) is 14.5. The number of rotatable bonds is 6. The number of nitrogens with one attached hydrogen (secondary N) is 1. The monoisotopic (exact) mass is 478 g/mol. The highest BCUT2D eigenvalue weighted by molar-refractivity contribution is 5.97. The molecule has 7 nitrogen and oxygen atoms in total. The van der Waals surface area contributed by atoms with Crippen molar-refractivity contribution in [3.63, 3.8) is 0 Å². The average molecular weight is 479 g/mol. The molecular formula is C28H38N4O3. The van der Waals surface area contributed by atoms with E-state index in [0.29, 0.717) is 30.9 Å². The number of ether oxygens (including phenoxy) is 1. The Morgan fingerprint density at radius 3 is 2.60 bits per heavy atom. The lowest BCUT2D eigenvalue weighted by Gasteiger charge is -2.33. The molecule has 35 heavy (non-hydrogen) atoms. The molecule has 3 aliphatic heterocycles. The van der Waals surface area contributed by atoms with Gasteiger partial charge in [0.25, 0.3) is 5.91 Å². The summed E-state index contributed by atoms with van der Waals surface area (Å²) >= 11 is 0. The van der Waals surface area contributed by atoms with Gasteiger partial charge in [0, 0.05) is 58.9 Å². The van der Waals surface area contributed by atoms with Crippen molar-refractivity contribution in [3.8, 4) is 5.75 Å². The molecule has 2 aromatic rings. The van der Waals surface area contributed by atoms with Gasteiger partial charge in [0.2, 0.25) is 0 Å². The first kappa shape index (κ1) is 24.3. The number of benzene rings is 2. The van der Waals surface area contributed by atoms with Crippen LogP contribution in [0, 0.1) is 0 Å². The van der Waals surface area contributed by atoms with Crippen LogP contribution in [0.3, 0.4) is 0 Å². The Kier molecular flexibility index (Phi) is 7.12. The van der Waals surface area contributed by atoms with Crippen molar-refractivity contribution in [1.82, 2.24) is 20.0 Å². The van der Waals surface area contributed by atoms with E-state index < -0.39 is 11.7 Å². The Hall–Kier alpha value is -2.45. The first-order valence-electron chi connectivity index (χ1n) is 12.9. The fraction of sp³-hybridized carbons (Fsp3) is 0.536. The highest BCUT2D eigenvalue weighted by Gasteiger charge is 2.35. The van der Waals surface area contributed by atoms with Crippen molar-refractivity contribution in [3.05, 3.63) is 64.7 Å². The van der Waals surface area contributed by atoms with Crippen LogP contribution in [0.5, 0.6) is 5.75 Å². The maximum atomic E-state index is 13.5. The molecule has 3 aliphatic rings. The fourth-order valence-electron chi connectivity index (χ4n) is 5.55. The largest absolute Gasteiger partial charge is 0.485 e. The van der Waals surface area contributed by atoms with E-state index >= 15 is 0 Å². The van der Waals surface area contributed by atoms with Gasteiger partial charge in [0.1, 0.15) is 11.4 Å². The van der Waals surface area contributed by atoms with Crippen LogP contribution in [-0.2, 0) is 19.5 Å². The topological polar surface area (TPSA) is 68.3 Å². The van der Waals surface area contributed by atoms with Gasteiger partial charge in [-0.2, -0.15) is 0 Å². The molecule has 0 spiro atoms. The van der Waals surface area contributed by atoms with Gasteiger partial charge in [-0.05, 0) is 49.1 Å². The number of hydrogen-bond acceptors (Lipinski definition) is 6. The third-order valence-electron chi connectivity index (χ3n) is 7.25. The minimum absolute atomic E-state index is 0.0673. The normalized spacial score (nSPS) is 21.6. The lowest BCUT2D eigenvalue weighted by molar-refractivity contribution is 0.0287. The van der Waals surface area contributed by atoms with E-state index in [1.807, 2.05) is 32.0 Å². The Morgan fingerprint density at radius 1 is 1.03 bits per heavy atom. The summed E-state index contributed by atoms with van der Waals surface area (Å²) < 4.78 is 6.36. The summed E-state index contributed by atoms with van der Waals surface area (Å²) in [5.74, 6) is 0.583. The van der Waals surface area contributed by atoms with Crippen molar-refractivity contribution >= 4 is 5.91 Å². The third-order valence-corrected chi connectivity index (χ3v) is 7.25. The van der Waals surface area contributed by atoms with E-state index in [0.717, 1.165) is 57.8 Å². The molecule has 1 saturated heterocycles. The molecule has 0 aliphatic carbocycles. The van der Waals surface area contributed by atoms with E-state index in [9.17, 15) is 9.90 Å². The number of nitrogens with zero attached hydrogens (tertiary/aromatic N) is 3. The van der Waals surface area contributed by atoms with Crippen LogP contribution in [0.4, 0.5) is 0 Å². The molecule has 0 bridgehead atoms. The van der Waals surface area contributed by atoms with Crippen LogP contribution in [0.1, 0.15) is 40.9 Å². The highest BCUT2D eigenvalue weighted by atomic mass is 16.5. The molecule has 1 atom stereocenters. The summed E-state index contributed by atoms with van der Waals surface area (Å²) in [6.07, 6.45) is 0.379. The van der Waals surface area contributed by atoms with Crippen molar-refractivity contribution in [2.75, 3.05) is 52.4 Å². The summed E-state index contributed by atoms with van der Waals surface area (Å²) in [6.45, 7) is 12.0. The molecule has 188 valence electrons. The molecule has 0 unspecified atom stereocenters. The Labute approximate surface area is 208 Å². The van der Waals surface area contributed by atoms with Crippen molar-refractivity contribution in [2.24, 2.45) is 0 Å². The van der Waals surface area contributed by atoms with Crippen LogP contribution in [0.25, 0.3) is 0 Å². The zero-order valence-electron chi connectivity index (χ0n) is 21.0. The van der Waals surface area contributed by atoms with Gasteiger partial charge in [0.15, 0.2) is 0 Å². The number of aliphatic hydroxyl groups excluding tert-OH is 1. The lowest BCUT2D eigenvalue weighted by Crippen LogP contribution is -2.48. The third kappa shape index (κ3) is 5.86. The summed E-state index contributed by atoms with van der Waals surface area (Å²) in [5.41, 5.74) is 3.93. The predicted molar refractivity (Wildman–Crippen MR) is 137 cm³/mol. The Bertz CT molecular complexity index is 1050. The molecule has 2 N–H and O–H groups in total. The standard InChI is InChI=1S/C28H38N4O3/c1-28(2)20-32(19-24(33)18-31-12-9-22-5-3-4-6-23(22)17-31)27(34)25-8-7-21(15-26(25)35-28)16-30-13-10-29-11-14-30/h3-8,15,24,29,33H,9-14,16-20H2,1-2H3/t24-/m1/s1. The van der Waals surface area contributed by atoms with E-state index in [-0.39, 0.29) is 5.91 Å². The first-order chi connectivity index (χ1) is 16.9. The van der Waals surface area contributed by atoms with Crippen LogP contribution >= 0.6 is 0 Å². The van der Waals surface area contributed by atoms with Crippen LogP contribution < -0.4 is 10.1 Å². The second-order valence-corrected chi connectivity index (χ2v) is 10.8. The molecule has 0 radical (unpaired) electrons. The smallest absolute Gasteiger partial charge is 0.257 e. The summed E-state index contributed by atoms with van der Waals surface area (Å²) in [7, 11) is 0. The maximum Gasteiger partial charge on any atom is 0.257 e. The minimum Gasteiger partial charge on any atom is -0.485 e. The molecule has 0 saturated carbocycles. The number of hydrogen-bond donors (Lipinski definition) is 2. The Morgan fingerprint density at radius 2 is 1.80 bits per heavy atom. The van der Waals surface area contributed by atoms with Gasteiger partial charge < -0.3 is 20.1 Å². The minimum atomic E-state index is -0.617. The molecule has 3 heterocycles. The van der Waals surface area contributed by atoms with Gasteiger partial charge in [-0.25, -0.2) is 0 Å². The number of carbonyl (C=O) groups excluding carboxylic acids is 1. The fourth-order valence-corrected chi connectivity index (χ4v) is 5.55. The molecule has 5 rings (SSSR count). The highest BCUT2D eigenvalue weighted by Crippen LogP contribution is 2.31. The van der Waals surface area contributed by atoms with Gasteiger partial charge in [-0.15, -0.1) is 0 Å². The van der Waals surface area contributed by atoms with E-state index in [2.05, 4.69) is 39.4 Å². The van der Waals surface area contributed by atoms with Gasteiger partial charge in [-0.1, -0.05) is 30.3 Å². The second kappa shape index (κ2) is 10.3. The SMILES string of the molecule is CC1(C)CN(C[C@H](O)CN2CCc3ccccc3C2)C(=O)c2ccc(CN3CCNCC3)cc2O1. The van der Waals surface area contributed by atoms with Gasteiger partial charge in [0.05, 0.1) is 18.2 Å². The first-order valence-corrected chi connectivity index (χ1v) is 12.9. The molecular weight excluding hydrogens is 440 g/mol. The molecule has 2 aromatic carbocycles. The number of carbonyl (C=O) groups is 1. The van der Waals surface area contributed by atoms with E-state index in [1.165, 1.54) is 11.1 Å². The van der Waals surface area contributed by atoms with Gasteiger partial charge >= 0.3 is 0 Å². The summed E-state index contributed by atoms with van der Waals surface area (Å²) in [5, 5.41) is 14.4. The molecule has 0 aromatic heterocycles. The number of fused-ring (bicyclic) bond motifs is 2. The zero-order valence-corrected chi connectivity index (χ0v) is 21.0. The maximum absolute atomic E-state index is 13.5. The van der Waals surface area contributed by atoms with Crippen molar-refractivity contribution in [2.45, 2.75) is 45.1 Å². The molecule has 1 fully saturated rings. The number of aliphatic hydroxyl groups is 1. The van der Waals surface area contributed by atoms with Crippen LogP contribution in [-0.4, -0.2) is 89.8 Å². The second-order valence-electron chi connectivity index (χ2n) is 10.8. The Balaban J connectivity index is 1.26. The number of amides is 1. The molecule has 1 amide bonds. The van der Waals surface area contributed by atoms with E-state index in [4.69, 9.17) is 4.74 Å². The van der Waals surface area contributed by atoms with Crippen molar-refractivity contribution in [1.29, 1.82) is 0 Å². The predicted octanol–water partition coefficient (Wildman–Crippen LogP) is 2.12. The van der Waals surface area contributed by atoms with Crippen LogP contribution in [0.15, 0.2) is 42.5 Å². The quantitative estimate of drug-likeness (QED) is 0.663. The van der Waals surface area contributed by atoms with Crippen molar-refractivity contribution < 1.29 is 14.6 Å². The van der Waals surface area contributed by atoms with Crippen LogP contribution in [0.2, 0.25) is 0 Å². The zero-order chi connectivity index (χ0) is 24.4. The van der Waals surface area contributed by atoms with E-state index in [1.54, 1.807) is 4.90 Å². The summed E-state index contributed by atoms with van der Waals surface area (Å²) in [4.78, 5) is 20.0. The number of piperazine rings is 1. The lowest BCUT2D eigenvalue weighted by atomic mass is 9.99. The van der Waals surface area contributed by atoms with Gasteiger partial charge in [-0.3, -0.25) is 14.6 Å². The molecule has 7 heteroatoms. The number of β-amino-alcohol motifs (C(OH)–C–C–N with tert-alkyl or cyclic N) is 1. The average Bonchev–Trinajstić information content (AvgIpc) is 2.92.